The van der Waals surface area contributed by atoms with Crippen molar-refractivity contribution in [1.29, 1.82) is 0 Å². The van der Waals surface area contributed by atoms with Gasteiger partial charge in [0.15, 0.2) is 0 Å². The molecule has 17 heavy (non-hydrogen) atoms. The van der Waals surface area contributed by atoms with E-state index in [9.17, 15) is 9.90 Å². The second kappa shape index (κ2) is 5.65. The molecule has 1 aromatic heterocycles. The Morgan fingerprint density at radius 1 is 1.53 bits per heavy atom. The highest BCUT2D eigenvalue weighted by Gasteiger charge is 2.23. The average Bonchev–Trinajstić information content (AvgIpc) is 2.76. The molecule has 2 N–H and O–H groups in total. The topological polar surface area (TPSA) is 49.3 Å². The van der Waals surface area contributed by atoms with Gasteiger partial charge in [-0.2, -0.15) is 0 Å². The molecule has 0 saturated heterocycles. The second-order valence-electron chi connectivity index (χ2n) is 5.36. The van der Waals surface area contributed by atoms with Gasteiger partial charge in [-0.25, -0.2) is 0 Å². The predicted molar refractivity (Wildman–Crippen MR) is 71.2 cm³/mol. The van der Waals surface area contributed by atoms with Gasteiger partial charge in [0.05, 0.1) is 12.0 Å². The minimum Gasteiger partial charge on any atom is -0.391 e. The van der Waals surface area contributed by atoms with Crippen LogP contribution < -0.4 is 5.32 Å². The molecule has 0 saturated carbocycles. The Morgan fingerprint density at radius 2 is 2.18 bits per heavy atom. The number of hydrogen-bond donors (Lipinski definition) is 2. The smallest absolute Gasteiger partial charge is 0.228 e. The molecular formula is C13H21NO2S. The minimum absolute atomic E-state index is 0.0317. The molecule has 0 fully saturated rings. The molecule has 4 heteroatoms. The maximum Gasteiger partial charge on any atom is 0.228 e. The highest BCUT2D eigenvalue weighted by Crippen LogP contribution is 2.21. The molecule has 0 aliphatic rings. The van der Waals surface area contributed by atoms with Crippen LogP contribution >= 0.6 is 11.3 Å². The molecule has 1 rings (SSSR count). The van der Waals surface area contributed by atoms with Crippen molar-refractivity contribution in [2.75, 3.05) is 6.54 Å². The van der Waals surface area contributed by atoms with E-state index in [1.54, 1.807) is 11.3 Å². The van der Waals surface area contributed by atoms with Gasteiger partial charge in [-0.15, -0.1) is 11.3 Å². The molecule has 0 bridgehead atoms. The van der Waals surface area contributed by atoms with Gasteiger partial charge >= 0.3 is 0 Å². The van der Waals surface area contributed by atoms with Gasteiger partial charge in [-0.1, -0.05) is 26.8 Å². The lowest BCUT2D eigenvalue weighted by molar-refractivity contribution is -0.122. The first-order valence-electron chi connectivity index (χ1n) is 5.81. The third-order valence-electron chi connectivity index (χ3n) is 2.83. The van der Waals surface area contributed by atoms with Crippen molar-refractivity contribution in [3.63, 3.8) is 0 Å². The highest BCUT2D eigenvalue weighted by atomic mass is 32.1. The number of hydrogen-bond acceptors (Lipinski definition) is 3. The van der Waals surface area contributed by atoms with E-state index >= 15 is 0 Å². The largest absolute Gasteiger partial charge is 0.391 e. The number of carbonyl (C=O) groups excluding carboxylic acids is 1. The molecule has 3 nitrogen and oxygen atoms in total. The third kappa shape index (κ3) is 4.13. The number of aliphatic hydroxyl groups excluding tert-OH is 1. The van der Waals surface area contributed by atoms with Crippen molar-refractivity contribution in [3.8, 4) is 0 Å². The van der Waals surface area contributed by atoms with Crippen LogP contribution in [-0.4, -0.2) is 23.7 Å². The van der Waals surface area contributed by atoms with Crippen molar-refractivity contribution in [2.24, 2.45) is 5.41 Å². The number of carbonyl (C=O) groups is 1. The van der Waals surface area contributed by atoms with Gasteiger partial charge in [0.1, 0.15) is 0 Å². The van der Waals surface area contributed by atoms with E-state index in [0.717, 1.165) is 4.88 Å². The van der Waals surface area contributed by atoms with Crippen molar-refractivity contribution in [1.82, 2.24) is 5.32 Å². The first-order chi connectivity index (χ1) is 7.82. The lowest BCUT2D eigenvalue weighted by atomic mass is 9.89. The molecule has 96 valence electrons. The fourth-order valence-corrected chi connectivity index (χ4v) is 2.11. The second-order valence-corrected chi connectivity index (χ2v) is 6.34. The fourth-order valence-electron chi connectivity index (χ4n) is 1.32. The SMILES string of the molecule is CC(C(=O)NCC(O)C(C)(C)C)c1cccs1. The maximum atomic E-state index is 11.9. The summed E-state index contributed by atoms with van der Waals surface area (Å²) in [5, 5.41) is 14.6. The first-order valence-corrected chi connectivity index (χ1v) is 6.69. The van der Waals surface area contributed by atoms with Crippen LogP contribution in [0.15, 0.2) is 17.5 Å². The summed E-state index contributed by atoms with van der Waals surface area (Å²) < 4.78 is 0. The number of amides is 1. The zero-order valence-corrected chi connectivity index (χ0v) is 11.7. The Labute approximate surface area is 107 Å². The van der Waals surface area contributed by atoms with Crippen LogP contribution in [0.1, 0.15) is 38.5 Å². The monoisotopic (exact) mass is 255 g/mol. The molecular weight excluding hydrogens is 234 g/mol. The zero-order valence-electron chi connectivity index (χ0n) is 10.9. The Kier molecular flexibility index (Phi) is 4.71. The standard InChI is InChI=1S/C13H21NO2S/c1-9(10-6-5-7-17-10)12(16)14-8-11(15)13(2,3)4/h5-7,9,11,15H,8H2,1-4H3,(H,14,16). The van der Waals surface area contributed by atoms with Gasteiger partial charge in [0.25, 0.3) is 0 Å². The lowest BCUT2D eigenvalue weighted by Gasteiger charge is -2.26. The number of nitrogens with one attached hydrogen (secondary N) is 1. The van der Waals surface area contributed by atoms with Crippen LogP contribution in [0.2, 0.25) is 0 Å². The Morgan fingerprint density at radius 3 is 2.65 bits per heavy atom. The molecule has 1 amide bonds. The van der Waals surface area contributed by atoms with Crippen LogP contribution in [0.5, 0.6) is 0 Å². The van der Waals surface area contributed by atoms with Crippen molar-refractivity contribution < 1.29 is 9.90 Å². The third-order valence-corrected chi connectivity index (χ3v) is 3.89. The van der Waals surface area contributed by atoms with Crippen molar-refractivity contribution in [2.45, 2.75) is 39.7 Å². The van der Waals surface area contributed by atoms with Crippen molar-refractivity contribution in [3.05, 3.63) is 22.4 Å². The molecule has 0 aromatic carbocycles. The maximum absolute atomic E-state index is 11.9. The van der Waals surface area contributed by atoms with Crippen LogP contribution in [-0.2, 0) is 4.79 Å². The van der Waals surface area contributed by atoms with Crippen LogP contribution in [0, 0.1) is 5.41 Å². The molecule has 2 atom stereocenters. The predicted octanol–water partition coefficient (Wildman–Crippen LogP) is 2.37. The Bertz CT molecular complexity index is 354. The van der Waals surface area contributed by atoms with Crippen molar-refractivity contribution >= 4 is 17.2 Å². The quantitative estimate of drug-likeness (QED) is 0.868. The lowest BCUT2D eigenvalue weighted by Crippen LogP contribution is -2.40. The van der Waals surface area contributed by atoms with Gasteiger partial charge in [0.2, 0.25) is 5.91 Å². The normalized spacial score (nSPS) is 15.4. The molecule has 0 aliphatic heterocycles. The zero-order chi connectivity index (χ0) is 13.1. The van der Waals surface area contributed by atoms with Crippen LogP contribution in [0.3, 0.4) is 0 Å². The summed E-state index contributed by atoms with van der Waals surface area (Å²) in [6.07, 6.45) is -0.526. The molecule has 0 spiro atoms. The Balaban J connectivity index is 2.45. The molecule has 0 aliphatic carbocycles. The van der Waals surface area contributed by atoms with Gasteiger partial charge in [0, 0.05) is 11.4 Å². The first kappa shape index (κ1) is 14.2. The number of aliphatic hydroxyl groups is 1. The molecule has 1 heterocycles. The van der Waals surface area contributed by atoms with E-state index in [1.807, 2.05) is 45.2 Å². The molecule has 2 unspecified atom stereocenters. The fraction of sp³-hybridized carbons (Fsp3) is 0.615. The van der Waals surface area contributed by atoms with Crippen LogP contribution in [0.25, 0.3) is 0 Å². The minimum atomic E-state index is -0.526. The molecule has 0 radical (unpaired) electrons. The Hall–Kier alpha value is -0.870. The van der Waals surface area contributed by atoms with E-state index in [1.165, 1.54) is 0 Å². The van der Waals surface area contributed by atoms with Gasteiger partial charge < -0.3 is 10.4 Å². The van der Waals surface area contributed by atoms with Gasteiger partial charge in [-0.3, -0.25) is 4.79 Å². The summed E-state index contributed by atoms with van der Waals surface area (Å²) >= 11 is 1.58. The van der Waals surface area contributed by atoms with Gasteiger partial charge in [-0.05, 0) is 23.8 Å². The highest BCUT2D eigenvalue weighted by molar-refractivity contribution is 7.10. The number of rotatable bonds is 4. The number of thiophene rings is 1. The van der Waals surface area contributed by atoms with E-state index in [0.29, 0.717) is 6.54 Å². The van der Waals surface area contributed by atoms with Crippen LogP contribution in [0.4, 0.5) is 0 Å². The summed E-state index contributed by atoms with van der Waals surface area (Å²) in [6, 6.07) is 3.89. The van der Waals surface area contributed by atoms with E-state index in [2.05, 4.69) is 5.32 Å². The summed E-state index contributed by atoms with van der Waals surface area (Å²) in [5.41, 5.74) is -0.209. The van der Waals surface area contributed by atoms with E-state index in [4.69, 9.17) is 0 Å². The average molecular weight is 255 g/mol. The van der Waals surface area contributed by atoms with E-state index < -0.39 is 6.10 Å². The summed E-state index contributed by atoms with van der Waals surface area (Å²) in [5.74, 6) is -0.182. The van der Waals surface area contributed by atoms with E-state index in [-0.39, 0.29) is 17.2 Å². The summed E-state index contributed by atoms with van der Waals surface area (Å²) in [7, 11) is 0. The summed E-state index contributed by atoms with van der Waals surface area (Å²) in [6.45, 7) is 8.04. The summed E-state index contributed by atoms with van der Waals surface area (Å²) in [4.78, 5) is 12.9. The molecule has 1 aromatic rings.